The lowest BCUT2D eigenvalue weighted by Crippen LogP contribution is -2.23. The predicted molar refractivity (Wildman–Crippen MR) is 97.5 cm³/mol. The third-order valence-electron chi connectivity index (χ3n) is 6.28. The summed E-state index contributed by atoms with van der Waals surface area (Å²) < 4.78 is 11.2. The van der Waals surface area contributed by atoms with Gasteiger partial charge in [-0.3, -0.25) is 0 Å². The molecule has 0 radical (unpaired) electrons. The maximum absolute atomic E-state index is 12.0. The number of carboxylic acids is 1. The summed E-state index contributed by atoms with van der Waals surface area (Å²) >= 11 is 0. The fraction of sp³-hybridized carbons (Fsp3) is 0.476. The molecule has 6 nitrogen and oxygen atoms in total. The zero-order valence-electron chi connectivity index (χ0n) is 15.3. The van der Waals surface area contributed by atoms with Gasteiger partial charge >= 0.3 is 5.97 Å². The summed E-state index contributed by atoms with van der Waals surface area (Å²) in [6.07, 6.45) is 5.61. The zero-order valence-corrected chi connectivity index (χ0v) is 15.3. The molecule has 1 unspecified atom stereocenters. The highest BCUT2D eigenvalue weighted by Gasteiger charge is 2.59. The molecule has 2 aromatic rings. The number of aliphatic carboxylic acids is 1. The van der Waals surface area contributed by atoms with Gasteiger partial charge in [-0.15, -0.1) is 10.2 Å². The van der Waals surface area contributed by atoms with Crippen LogP contribution >= 0.6 is 0 Å². The molecule has 0 spiro atoms. The summed E-state index contributed by atoms with van der Waals surface area (Å²) in [5.41, 5.74) is 3.41. The average Bonchev–Trinajstić information content (AvgIpc) is 3.19. The Kier molecular flexibility index (Phi) is 3.72. The molecule has 1 aliphatic heterocycles. The van der Waals surface area contributed by atoms with Crippen molar-refractivity contribution in [3.63, 3.8) is 0 Å². The van der Waals surface area contributed by atoms with E-state index in [-0.39, 0.29) is 11.3 Å². The van der Waals surface area contributed by atoms with E-state index in [0.29, 0.717) is 23.3 Å². The Balaban J connectivity index is 1.56. The normalized spacial score (nSPS) is 23.7. The van der Waals surface area contributed by atoms with Gasteiger partial charge in [0.25, 0.3) is 0 Å². The monoisotopic (exact) mass is 366 g/mol. The number of benzene rings is 1. The third-order valence-corrected chi connectivity index (χ3v) is 6.28. The number of aromatic nitrogens is 2. The van der Waals surface area contributed by atoms with Gasteiger partial charge in [0.05, 0.1) is 5.41 Å². The van der Waals surface area contributed by atoms with Crippen LogP contribution in [-0.2, 0) is 14.9 Å². The number of nitrogens with zero attached hydrogens (tertiary/aromatic N) is 2. The smallest absolute Gasteiger partial charge is 0.332 e. The van der Waals surface area contributed by atoms with Crippen LogP contribution in [-0.4, -0.2) is 34.5 Å². The molecule has 6 heteroatoms. The van der Waals surface area contributed by atoms with Gasteiger partial charge in [0.15, 0.2) is 0 Å². The first-order valence-corrected chi connectivity index (χ1v) is 9.55. The molecule has 2 heterocycles. The predicted octanol–water partition coefficient (Wildman–Crippen LogP) is 3.57. The van der Waals surface area contributed by atoms with E-state index in [2.05, 4.69) is 28.4 Å². The first kappa shape index (κ1) is 16.7. The van der Waals surface area contributed by atoms with Crippen molar-refractivity contribution in [2.24, 2.45) is 0 Å². The van der Waals surface area contributed by atoms with E-state index in [9.17, 15) is 9.90 Å². The highest BCUT2D eigenvalue weighted by atomic mass is 16.5. The summed E-state index contributed by atoms with van der Waals surface area (Å²) in [5, 5.41) is 18.1. The highest BCUT2D eigenvalue weighted by molar-refractivity contribution is 5.97. The van der Waals surface area contributed by atoms with Crippen LogP contribution < -0.4 is 0 Å². The van der Waals surface area contributed by atoms with E-state index in [4.69, 9.17) is 9.15 Å². The molecule has 1 saturated carbocycles. The summed E-state index contributed by atoms with van der Waals surface area (Å²) in [4.78, 5) is 12.0. The molecule has 1 N–H and O–H groups in total. The second kappa shape index (κ2) is 6.02. The van der Waals surface area contributed by atoms with Crippen LogP contribution in [0, 0.1) is 6.92 Å². The molecule has 2 aliphatic carbocycles. The summed E-state index contributed by atoms with van der Waals surface area (Å²) in [6, 6.07) is 6.44. The number of ether oxygens (including phenoxy) is 1. The molecule has 0 amide bonds. The van der Waals surface area contributed by atoms with Crippen LogP contribution in [0.15, 0.2) is 28.2 Å². The average molecular weight is 366 g/mol. The first-order chi connectivity index (χ1) is 13.1. The molecular formula is C21H22N2O4. The van der Waals surface area contributed by atoms with Gasteiger partial charge in [-0.05, 0) is 54.4 Å². The highest BCUT2D eigenvalue weighted by Crippen LogP contribution is 2.62. The molecular weight excluding hydrogens is 344 g/mol. The second-order valence-electron chi connectivity index (χ2n) is 7.90. The first-order valence-electron chi connectivity index (χ1n) is 9.55. The number of hydrogen-bond acceptors (Lipinski definition) is 5. The van der Waals surface area contributed by atoms with Gasteiger partial charge < -0.3 is 14.3 Å². The van der Waals surface area contributed by atoms with Crippen molar-refractivity contribution in [2.45, 2.75) is 49.9 Å². The fourth-order valence-corrected chi connectivity index (χ4v) is 4.72. The molecule has 3 aliphatic rings. The minimum Gasteiger partial charge on any atom is -0.478 e. The van der Waals surface area contributed by atoms with Crippen LogP contribution in [0.1, 0.15) is 66.0 Å². The Bertz CT molecular complexity index is 935. The van der Waals surface area contributed by atoms with E-state index < -0.39 is 5.97 Å². The Morgan fingerprint density at radius 1 is 1.22 bits per heavy atom. The van der Waals surface area contributed by atoms with Crippen molar-refractivity contribution in [1.82, 2.24) is 10.2 Å². The van der Waals surface area contributed by atoms with Gasteiger partial charge in [-0.2, -0.15) is 0 Å². The summed E-state index contributed by atoms with van der Waals surface area (Å²) in [7, 11) is 0. The van der Waals surface area contributed by atoms with Gasteiger partial charge in [0.2, 0.25) is 11.8 Å². The number of carbonyl (C=O) groups is 1. The number of hydrogen-bond donors (Lipinski definition) is 1. The molecule has 0 bridgehead atoms. The molecule has 5 rings (SSSR count). The summed E-state index contributed by atoms with van der Waals surface area (Å²) in [6.45, 7) is 3.35. The Hall–Kier alpha value is -2.47. The van der Waals surface area contributed by atoms with Crippen molar-refractivity contribution in [3.8, 4) is 0 Å². The Morgan fingerprint density at radius 3 is 2.63 bits per heavy atom. The molecule has 140 valence electrons. The molecule has 1 atom stereocenters. The van der Waals surface area contributed by atoms with Gasteiger partial charge in [0.1, 0.15) is 0 Å². The molecule has 1 aromatic heterocycles. The molecule has 27 heavy (non-hydrogen) atoms. The topological polar surface area (TPSA) is 85.5 Å². The third kappa shape index (κ3) is 2.62. The van der Waals surface area contributed by atoms with Crippen LogP contribution in [0.5, 0.6) is 0 Å². The fourth-order valence-electron chi connectivity index (χ4n) is 4.72. The lowest BCUT2D eigenvalue weighted by atomic mass is 9.79. The SMILES string of the molecule is Cc1nnc(C2(C3C(C(=O)O)=Cc4cc(C5CCOCC5)ccc43)CC2)o1. The minimum atomic E-state index is -0.869. The maximum atomic E-state index is 12.0. The van der Waals surface area contributed by atoms with Crippen LogP contribution in [0.2, 0.25) is 0 Å². The number of aryl methyl sites for hydroxylation is 1. The number of carboxylic acid groups (broad SMARTS) is 1. The molecule has 1 aromatic carbocycles. The van der Waals surface area contributed by atoms with Crippen LogP contribution in [0.25, 0.3) is 6.08 Å². The van der Waals surface area contributed by atoms with E-state index in [1.54, 1.807) is 6.92 Å². The van der Waals surface area contributed by atoms with Gasteiger partial charge in [0, 0.05) is 31.6 Å². The van der Waals surface area contributed by atoms with Crippen LogP contribution in [0.3, 0.4) is 0 Å². The van der Waals surface area contributed by atoms with Gasteiger partial charge in [-0.25, -0.2) is 4.79 Å². The van der Waals surface area contributed by atoms with Crippen molar-refractivity contribution in [2.75, 3.05) is 13.2 Å². The Morgan fingerprint density at radius 2 is 2.00 bits per heavy atom. The quantitative estimate of drug-likeness (QED) is 0.890. The van der Waals surface area contributed by atoms with E-state index >= 15 is 0 Å². The zero-order chi connectivity index (χ0) is 18.6. The van der Waals surface area contributed by atoms with Crippen molar-refractivity contribution in [1.29, 1.82) is 0 Å². The lowest BCUT2D eigenvalue weighted by molar-refractivity contribution is -0.132. The largest absolute Gasteiger partial charge is 0.478 e. The van der Waals surface area contributed by atoms with E-state index in [1.807, 2.05) is 6.08 Å². The maximum Gasteiger partial charge on any atom is 0.332 e. The number of rotatable bonds is 4. The van der Waals surface area contributed by atoms with E-state index in [0.717, 1.165) is 50.0 Å². The van der Waals surface area contributed by atoms with Crippen LogP contribution in [0.4, 0.5) is 0 Å². The molecule has 1 saturated heterocycles. The standard InChI is InChI=1S/C21H22N2O4/c1-12-22-23-20(27-12)21(6-7-21)18-16-3-2-14(13-4-8-26-9-5-13)10-15(16)11-17(18)19(24)25/h2-3,10-11,13,18H,4-9H2,1H3,(H,24,25). The minimum absolute atomic E-state index is 0.228. The van der Waals surface area contributed by atoms with Crippen molar-refractivity contribution >= 4 is 12.0 Å². The van der Waals surface area contributed by atoms with Gasteiger partial charge in [-0.1, -0.05) is 18.2 Å². The number of fused-ring (bicyclic) bond motifs is 1. The van der Waals surface area contributed by atoms with Crippen molar-refractivity contribution in [3.05, 3.63) is 52.2 Å². The van der Waals surface area contributed by atoms with Crippen molar-refractivity contribution < 1.29 is 19.1 Å². The Labute approximate surface area is 157 Å². The second-order valence-corrected chi connectivity index (χ2v) is 7.90. The summed E-state index contributed by atoms with van der Waals surface area (Å²) in [5.74, 6) is 0.474. The molecule has 2 fully saturated rings. The lowest BCUT2D eigenvalue weighted by Gasteiger charge is -2.25. The van der Waals surface area contributed by atoms with E-state index in [1.165, 1.54) is 5.56 Å².